The predicted octanol–water partition coefficient (Wildman–Crippen LogP) is 4.35. The van der Waals surface area contributed by atoms with Crippen LogP contribution in [0.25, 0.3) is 0 Å². The van der Waals surface area contributed by atoms with Gasteiger partial charge in [-0.05, 0) is 43.2 Å². The summed E-state index contributed by atoms with van der Waals surface area (Å²) in [5, 5.41) is 20.0. The van der Waals surface area contributed by atoms with E-state index < -0.39 is 17.8 Å². The van der Waals surface area contributed by atoms with E-state index in [1.807, 2.05) is 6.08 Å². The number of aryl methyl sites for hydroxylation is 1. The van der Waals surface area contributed by atoms with Gasteiger partial charge in [-0.15, -0.1) is 0 Å². The minimum Gasteiger partial charge on any atom is -0.393 e. The van der Waals surface area contributed by atoms with Gasteiger partial charge in [0.25, 0.3) is 0 Å². The van der Waals surface area contributed by atoms with Gasteiger partial charge in [-0.25, -0.2) is 0 Å². The van der Waals surface area contributed by atoms with Crippen LogP contribution in [0.5, 0.6) is 0 Å². The molecule has 0 spiro atoms. The minimum absolute atomic E-state index is 0.0678. The zero-order chi connectivity index (χ0) is 17.7. The molecule has 1 aliphatic rings. The van der Waals surface area contributed by atoms with Crippen LogP contribution in [0.1, 0.15) is 43.7 Å². The molecule has 0 radical (unpaired) electrons. The van der Waals surface area contributed by atoms with Gasteiger partial charge < -0.3 is 10.2 Å². The number of benzene rings is 1. The van der Waals surface area contributed by atoms with E-state index in [1.54, 1.807) is 12.1 Å². The molecule has 5 heteroatoms. The van der Waals surface area contributed by atoms with E-state index in [9.17, 15) is 23.4 Å². The van der Waals surface area contributed by atoms with Crippen LogP contribution in [-0.4, -0.2) is 22.4 Å². The standard InChI is InChI=1S/C19H25F3O2/c1-2-14-7-11-18(24)17(14)10-9-16(23)8-6-13-4-3-5-15(12-13)19(20,21)22/h3-5,9-10,12,14,16-18,23-24H,2,6-8,11H2,1H3/b10-9+. The Morgan fingerprint density at radius 3 is 2.71 bits per heavy atom. The molecule has 4 atom stereocenters. The highest BCUT2D eigenvalue weighted by molar-refractivity contribution is 5.25. The minimum atomic E-state index is -4.34. The number of alkyl halides is 3. The second-order valence-electron chi connectivity index (χ2n) is 6.58. The quantitative estimate of drug-likeness (QED) is 0.755. The van der Waals surface area contributed by atoms with Crippen LogP contribution in [0, 0.1) is 11.8 Å². The SMILES string of the molecule is CCC1CCC(O)C1/C=C/C(O)CCc1cccc(C(F)(F)F)c1. The molecule has 0 heterocycles. The Kier molecular flexibility index (Phi) is 6.47. The summed E-state index contributed by atoms with van der Waals surface area (Å²) >= 11 is 0. The van der Waals surface area contributed by atoms with Crippen LogP contribution in [0.4, 0.5) is 13.2 Å². The summed E-state index contributed by atoms with van der Waals surface area (Å²) in [6, 6.07) is 5.21. The fourth-order valence-electron chi connectivity index (χ4n) is 3.42. The Balaban J connectivity index is 1.89. The van der Waals surface area contributed by atoms with E-state index in [4.69, 9.17) is 0 Å². The normalized spacial score (nSPS) is 26.2. The molecule has 2 rings (SSSR count). The fraction of sp³-hybridized carbons (Fsp3) is 0.579. The van der Waals surface area contributed by atoms with Crippen molar-refractivity contribution >= 4 is 0 Å². The Morgan fingerprint density at radius 1 is 1.29 bits per heavy atom. The highest BCUT2D eigenvalue weighted by atomic mass is 19.4. The van der Waals surface area contributed by atoms with Gasteiger partial charge in [-0.2, -0.15) is 13.2 Å². The molecule has 0 saturated heterocycles. The third kappa shape index (κ3) is 5.08. The molecule has 4 unspecified atom stereocenters. The highest BCUT2D eigenvalue weighted by Gasteiger charge is 2.32. The maximum Gasteiger partial charge on any atom is 0.416 e. The van der Waals surface area contributed by atoms with E-state index in [1.165, 1.54) is 6.07 Å². The molecule has 134 valence electrons. The number of hydrogen-bond donors (Lipinski definition) is 2. The first-order valence-electron chi connectivity index (χ1n) is 8.52. The molecule has 1 saturated carbocycles. The van der Waals surface area contributed by atoms with Crippen molar-refractivity contribution in [2.45, 2.75) is 57.4 Å². The van der Waals surface area contributed by atoms with Gasteiger partial charge >= 0.3 is 6.18 Å². The lowest BCUT2D eigenvalue weighted by atomic mass is 9.91. The first-order valence-corrected chi connectivity index (χ1v) is 8.52. The summed E-state index contributed by atoms with van der Waals surface area (Å²) in [5.41, 5.74) is -0.102. The Bertz CT molecular complexity index is 554. The third-order valence-electron chi connectivity index (χ3n) is 4.88. The molecule has 0 amide bonds. The van der Waals surface area contributed by atoms with Crippen LogP contribution in [0.15, 0.2) is 36.4 Å². The first kappa shape index (κ1) is 19.0. The summed E-state index contributed by atoms with van der Waals surface area (Å²) in [4.78, 5) is 0. The lowest BCUT2D eigenvalue weighted by Crippen LogP contribution is -2.17. The molecule has 1 aromatic rings. The van der Waals surface area contributed by atoms with Crippen molar-refractivity contribution in [2.24, 2.45) is 11.8 Å². The van der Waals surface area contributed by atoms with Gasteiger partial charge in [0.2, 0.25) is 0 Å². The fourth-order valence-corrected chi connectivity index (χ4v) is 3.42. The molecule has 0 aliphatic heterocycles. The van der Waals surface area contributed by atoms with E-state index >= 15 is 0 Å². The summed E-state index contributed by atoms with van der Waals surface area (Å²) in [6.07, 6.45) is 1.64. The van der Waals surface area contributed by atoms with Gasteiger partial charge in [-0.1, -0.05) is 43.7 Å². The number of aliphatic hydroxyl groups is 2. The van der Waals surface area contributed by atoms with Gasteiger partial charge in [0, 0.05) is 5.92 Å². The molecule has 2 N–H and O–H groups in total. The van der Waals surface area contributed by atoms with Crippen LogP contribution in [0.3, 0.4) is 0 Å². The monoisotopic (exact) mass is 342 g/mol. The summed E-state index contributed by atoms with van der Waals surface area (Å²) < 4.78 is 38.0. The highest BCUT2D eigenvalue weighted by Crippen LogP contribution is 2.35. The van der Waals surface area contributed by atoms with Gasteiger partial charge in [-0.3, -0.25) is 0 Å². The van der Waals surface area contributed by atoms with Crippen molar-refractivity contribution < 1.29 is 23.4 Å². The van der Waals surface area contributed by atoms with Gasteiger partial charge in [0.05, 0.1) is 17.8 Å². The van der Waals surface area contributed by atoms with Crippen molar-refractivity contribution in [3.05, 3.63) is 47.5 Å². The van der Waals surface area contributed by atoms with E-state index in [-0.39, 0.29) is 12.0 Å². The maximum absolute atomic E-state index is 12.7. The van der Waals surface area contributed by atoms with Gasteiger partial charge in [0.1, 0.15) is 0 Å². The Morgan fingerprint density at radius 2 is 2.04 bits per heavy atom. The number of aliphatic hydroxyl groups excluding tert-OH is 2. The maximum atomic E-state index is 12.7. The average molecular weight is 342 g/mol. The smallest absolute Gasteiger partial charge is 0.393 e. The number of rotatable bonds is 6. The van der Waals surface area contributed by atoms with Crippen LogP contribution in [0.2, 0.25) is 0 Å². The topological polar surface area (TPSA) is 40.5 Å². The Hall–Kier alpha value is -1.33. The van der Waals surface area contributed by atoms with Gasteiger partial charge in [0.15, 0.2) is 0 Å². The largest absolute Gasteiger partial charge is 0.416 e. The van der Waals surface area contributed by atoms with Crippen molar-refractivity contribution in [3.8, 4) is 0 Å². The lowest BCUT2D eigenvalue weighted by molar-refractivity contribution is -0.137. The second-order valence-corrected chi connectivity index (χ2v) is 6.58. The molecule has 24 heavy (non-hydrogen) atoms. The second kappa shape index (κ2) is 8.17. The molecule has 0 aromatic heterocycles. The first-order chi connectivity index (χ1) is 11.3. The van der Waals surface area contributed by atoms with E-state index in [0.29, 0.717) is 24.3 Å². The molecule has 2 nitrogen and oxygen atoms in total. The number of halogens is 3. The molecule has 1 aliphatic carbocycles. The van der Waals surface area contributed by atoms with Crippen LogP contribution >= 0.6 is 0 Å². The van der Waals surface area contributed by atoms with E-state index in [2.05, 4.69) is 6.92 Å². The van der Waals surface area contributed by atoms with E-state index in [0.717, 1.165) is 31.4 Å². The number of hydrogen-bond acceptors (Lipinski definition) is 2. The molecule has 1 fully saturated rings. The third-order valence-corrected chi connectivity index (χ3v) is 4.88. The summed E-state index contributed by atoms with van der Waals surface area (Å²) in [7, 11) is 0. The summed E-state index contributed by atoms with van der Waals surface area (Å²) in [6.45, 7) is 2.09. The van der Waals surface area contributed by atoms with Crippen molar-refractivity contribution in [1.29, 1.82) is 0 Å². The predicted molar refractivity (Wildman–Crippen MR) is 87.4 cm³/mol. The average Bonchev–Trinajstić information content (AvgIpc) is 2.90. The van der Waals surface area contributed by atoms with Crippen molar-refractivity contribution in [1.82, 2.24) is 0 Å². The van der Waals surface area contributed by atoms with Crippen molar-refractivity contribution in [3.63, 3.8) is 0 Å². The van der Waals surface area contributed by atoms with Crippen LogP contribution in [-0.2, 0) is 12.6 Å². The Labute approximate surface area is 141 Å². The molecular weight excluding hydrogens is 317 g/mol. The molecule has 0 bridgehead atoms. The lowest BCUT2D eigenvalue weighted by Gasteiger charge is -2.17. The zero-order valence-electron chi connectivity index (χ0n) is 13.8. The summed E-state index contributed by atoms with van der Waals surface area (Å²) in [5.74, 6) is 0.505. The van der Waals surface area contributed by atoms with Crippen LogP contribution < -0.4 is 0 Å². The molecule has 1 aromatic carbocycles. The zero-order valence-corrected chi connectivity index (χ0v) is 13.8. The van der Waals surface area contributed by atoms with Crippen molar-refractivity contribution in [2.75, 3.05) is 0 Å². The molecular formula is C19H25F3O2.